The van der Waals surface area contributed by atoms with Crippen LogP contribution in [0, 0.1) is 0 Å². The van der Waals surface area contributed by atoms with Crippen molar-refractivity contribution in [2.75, 3.05) is 6.61 Å². The van der Waals surface area contributed by atoms with E-state index in [0.717, 1.165) is 18.2 Å². The molecule has 0 spiro atoms. The highest BCUT2D eigenvalue weighted by Crippen LogP contribution is 1.92. The van der Waals surface area contributed by atoms with Crippen LogP contribution in [0.5, 0.6) is 0 Å². The molecular formula is C10H10O7. The van der Waals surface area contributed by atoms with Gasteiger partial charge in [-0.2, -0.15) is 0 Å². The Morgan fingerprint density at radius 3 is 2.18 bits per heavy atom. The number of esters is 3. The molecule has 17 heavy (non-hydrogen) atoms. The lowest BCUT2D eigenvalue weighted by Crippen LogP contribution is -2.06. The van der Waals surface area contributed by atoms with Crippen molar-refractivity contribution >= 4 is 23.9 Å². The van der Waals surface area contributed by atoms with Crippen LogP contribution in [-0.4, -0.2) is 35.6 Å². The molecular weight excluding hydrogens is 232 g/mol. The van der Waals surface area contributed by atoms with Gasteiger partial charge in [0.2, 0.25) is 0 Å². The van der Waals surface area contributed by atoms with Gasteiger partial charge in [-0.25, -0.2) is 14.4 Å². The molecule has 0 fully saturated rings. The minimum Gasteiger partial charge on any atom is -0.481 e. The van der Waals surface area contributed by atoms with E-state index < -0.39 is 23.9 Å². The molecule has 0 saturated heterocycles. The Labute approximate surface area is 96.3 Å². The van der Waals surface area contributed by atoms with Crippen molar-refractivity contribution in [2.24, 2.45) is 0 Å². The second-order valence-electron chi connectivity index (χ2n) is 2.59. The number of hydrogen-bond donors (Lipinski definition) is 1. The van der Waals surface area contributed by atoms with Gasteiger partial charge >= 0.3 is 23.9 Å². The molecule has 1 aliphatic rings. The van der Waals surface area contributed by atoms with Crippen LogP contribution in [0.3, 0.4) is 0 Å². The first-order valence-corrected chi connectivity index (χ1v) is 4.40. The fourth-order valence-electron chi connectivity index (χ4n) is 0.601. The summed E-state index contributed by atoms with van der Waals surface area (Å²) in [6.07, 6.45) is 2.99. The highest BCUT2D eigenvalue weighted by molar-refractivity contribution is 6.04. The summed E-state index contributed by atoms with van der Waals surface area (Å²) >= 11 is 0. The third kappa shape index (κ3) is 8.55. The van der Waals surface area contributed by atoms with Crippen LogP contribution in [-0.2, 0) is 28.7 Å². The van der Waals surface area contributed by atoms with E-state index in [2.05, 4.69) is 16.1 Å². The summed E-state index contributed by atoms with van der Waals surface area (Å²) in [5, 5.41) is 8.08. The molecule has 0 aromatic rings. The van der Waals surface area contributed by atoms with Gasteiger partial charge in [-0.15, -0.1) is 0 Å². The van der Waals surface area contributed by atoms with E-state index in [1.165, 1.54) is 0 Å². The van der Waals surface area contributed by atoms with Crippen LogP contribution >= 0.6 is 0 Å². The van der Waals surface area contributed by atoms with Crippen molar-refractivity contribution in [3.05, 3.63) is 24.8 Å². The van der Waals surface area contributed by atoms with Crippen molar-refractivity contribution < 1.29 is 33.8 Å². The summed E-state index contributed by atoms with van der Waals surface area (Å²) in [4.78, 5) is 40.0. The molecule has 92 valence electrons. The number of carboxylic acids is 1. The summed E-state index contributed by atoms with van der Waals surface area (Å²) in [5.41, 5.74) is 0. The number of rotatable bonds is 4. The Balaban J connectivity index is 0.000000318. The largest absolute Gasteiger partial charge is 0.481 e. The zero-order chi connectivity index (χ0) is 13.3. The second-order valence-corrected chi connectivity index (χ2v) is 2.59. The number of carboxylic acid groups (broad SMARTS) is 1. The average Bonchev–Trinajstić information content (AvgIpc) is 2.62. The highest BCUT2D eigenvalue weighted by Gasteiger charge is 2.10. The Morgan fingerprint density at radius 2 is 1.88 bits per heavy atom. The first kappa shape index (κ1) is 14.6. The maximum absolute atomic E-state index is 10.3. The summed E-state index contributed by atoms with van der Waals surface area (Å²) in [6, 6.07) is 0. The van der Waals surface area contributed by atoms with E-state index in [-0.39, 0.29) is 13.0 Å². The first-order valence-electron chi connectivity index (χ1n) is 4.40. The fourth-order valence-corrected chi connectivity index (χ4v) is 0.601. The first-order chi connectivity index (χ1) is 7.95. The number of carbonyl (C=O) groups excluding carboxylic acids is 3. The van der Waals surface area contributed by atoms with Crippen LogP contribution in [0.15, 0.2) is 24.8 Å². The number of hydrogen-bond acceptors (Lipinski definition) is 6. The SMILES string of the molecule is C=CC(=O)OCCC(=O)O.O=C1C=CC(=O)O1. The van der Waals surface area contributed by atoms with Crippen LogP contribution in [0.4, 0.5) is 0 Å². The monoisotopic (exact) mass is 242 g/mol. The molecule has 0 unspecified atom stereocenters. The Bertz CT molecular complexity index is 351. The summed E-state index contributed by atoms with van der Waals surface area (Å²) in [5.74, 6) is -2.74. The Hall–Kier alpha value is -2.44. The standard InChI is InChI=1S/C6H8O4.C4H2O3/c1-2-6(9)10-4-3-5(7)8;5-3-1-2-4(6)7-3/h2H,1,3-4H2,(H,7,8);1-2H. The lowest BCUT2D eigenvalue weighted by atomic mass is 10.5. The van der Waals surface area contributed by atoms with Crippen molar-refractivity contribution in [2.45, 2.75) is 6.42 Å². The smallest absolute Gasteiger partial charge is 0.338 e. The van der Waals surface area contributed by atoms with Crippen LogP contribution < -0.4 is 0 Å². The maximum Gasteiger partial charge on any atom is 0.338 e. The molecule has 0 bridgehead atoms. The molecule has 0 aromatic carbocycles. The molecule has 0 amide bonds. The molecule has 1 N–H and O–H groups in total. The number of cyclic esters (lactones) is 2. The van der Waals surface area contributed by atoms with E-state index in [1.54, 1.807) is 0 Å². The zero-order valence-corrected chi connectivity index (χ0v) is 8.75. The molecule has 0 atom stereocenters. The number of carbonyl (C=O) groups is 4. The molecule has 0 aromatic heterocycles. The summed E-state index contributed by atoms with van der Waals surface area (Å²) in [6.45, 7) is 3.04. The second kappa shape index (κ2) is 7.80. The van der Waals surface area contributed by atoms with Gasteiger partial charge in [-0.05, 0) is 0 Å². The normalized spacial score (nSPS) is 12.2. The van der Waals surface area contributed by atoms with E-state index >= 15 is 0 Å². The van der Waals surface area contributed by atoms with E-state index in [4.69, 9.17) is 5.11 Å². The van der Waals surface area contributed by atoms with Gasteiger partial charge in [-0.3, -0.25) is 4.79 Å². The van der Waals surface area contributed by atoms with Crippen molar-refractivity contribution in [1.82, 2.24) is 0 Å². The summed E-state index contributed by atoms with van der Waals surface area (Å²) < 4.78 is 8.34. The molecule has 0 saturated carbocycles. The molecule has 1 rings (SSSR count). The van der Waals surface area contributed by atoms with Gasteiger partial charge in [-0.1, -0.05) is 6.58 Å². The number of aliphatic carboxylic acids is 1. The third-order valence-electron chi connectivity index (χ3n) is 1.28. The molecule has 1 aliphatic heterocycles. The van der Waals surface area contributed by atoms with Gasteiger partial charge in [0.25, 0.3) is 0 Å². The van der Waals surface area contributed by atoms with Crippen molar-refractivity contribution in [3.8, 4) is 0 Å². The Morgan fingerprint density at radius 1 is 1.35 bits per heavy atom. The molecule has 7 nitrogen and oxygen atoms in total. The summed E-state index contributed by atoms with van der Waals surface area (Å²) in [7, 11) is 0. The molecule has 1 heterocycles. The van der Waals surface area contributed by atoms with Crippen LogP contribution in [0.2, 0.25) is 0 Å². The van der Waals surface area contributed by atoms with Crippen LogP contribution in [0.25, 0.3) is 0 Å². The van der Waals surface area contributed by atoms with Gasteiger partial charge in [0.05, 0.1) is 6.42 Å². The molecule has 0 radical (unpaired) electrons. The molecule has 7 heteroatoms. The fraction of sp³-hybridized carbons (Fsp3) is 0.200. The predicted molar refractivity (Wildman–Crippen MR) is 53.6 cm³/mol. The quantitative estimate of drug-likeness (QED) is 0.413. The average molecular weight is 242 g/mol. The predicted octanol–water partition coefficient (Wildman–Crippen LogP) is -0.184. The van der Waals surface area contributed by atoms with E-state index in [9.17, 15) is 19.2 Å². The van der Waals surface area contributed by atoms with E-state index in [0.29, 0.717) is 0 Å². The lowest BCUT2D eigenvalue weighted by molar-refractivity contribution is -0.150. The topological polar surface area (TPSA) is 107 Å². The number of ether oxygens (including phenoxy) is 2. The minimum atomic E-state index is -0.989. The van der Waals surface area contributed by atoms with Gasteiger partial charge in [0, 0.05) is 18.2 Å². The van der Waals surface area contributed by atoms with Crippen molar-refractivity contribution in [1.29, 1.82) is 0 Å². The zero-order valence-electron chi connectivity index (χ0n) is 8.75. The maximum atomic E-state index is 10.3. The van der Waals surface area contributed by atoms with Gasteiger partial charge < -0.3 is 14.6 Å². The third-order valence-corrected chi connectivity index (χ3v) is 1.28. The van der Waals surface area contributed by atoms with Gasteiger partial charge in [0.1, 0.15) is 6.61 Å². The van der Waals surface area contributed by atoms with Crippen molar-refractivity contribution in [3.63, 3.8) is 0 Å². The minimum absolute atomic E-state index is 0.0970. The molecule has 0 aliphatic carbocycles. The van der Waals surface area contributed by atoms with Crippen LogP contribution in [0.1, 0.15) is 6.42 Å². The highest BCUT2D eigenvalue weighted by atomic mass is 16.6. The lowest BCUT2D eigenvalue weighted by Gasteiger charge is -1.96. The van der Waals surface area contributed by atoms with Gasteiger partial charge in [0.15, 0.2) is 0 Å². The Kier molecular flexibility index (Phi) is 6.68. The van der Waals surface area contributed by atoms with E-state index in [1.807, 2.05) is 0 Å².